The standard InChI is InChI=1S/C9H8F2N2S/c10-5-3-6(11)9-7(4-5)13-8(14-9)1-2-12/h3-4H,1-2,12H2. The first-order chi connectivity index (χ1) is 6.70. The van der Waals surface area contributed by atoms with Gasteiger partial charge in [0, 0.05) is 18.6 Å². The van der Waals surface area contributed by atoms with Crippen LogP contribution in [0.25, 0.3) is 10.2 Å². The molecule has 1 heterocycles. The van der Waals surface area contributed by atoms with Gasteiger partial charge in [0.2, 0.25) is 0 Å². The van der Waals surface area contributed by atoms with Crippen molar-refractivity contribution in [2.75, 3.05) is 6.54 Å². The third-order valence-electron chi connectivity index (χ3n) is 1.81. The molecule has 2 nitrogen and oxygen atoms in total. The lowest BCUT2D eigenvalue weighted by atomic mass is 10.3. The van der Waals surface area contributed by atoms with E-state index >= 15 is 0 Å². The van der Waals surface area contributed by atoms with E-state index in [-0.39, 0.29) is 0 Å². The van der Waals surface area contributed by atoms with E-state index in [0.29, 0.717) is 23.2 Å². The Hall–Kier alpha value is -1.07. The van der Waals surface area contributed by atoms with Crippen molar-refractivity contribution in [3.05, 3.63) is 28.8 Å². The van der Waals surface area contributed by atoms with Gasteiger partial charge in [-0.05, 0) is 6.54 Å². The molecule has 0 aliphatic heterocycles. The van der Waals surface area contributed by atoms with Gasteiger partial charge in [-0.3, -0.25) is 0 Å². The molecule has 0 bridgehead atoms. The Morgan fingerprint density at radius 2 is 2.14 bits per heavy atom. The Balaban J connectivity index is 2.58. The minimum Gasteiger partial charge on any atom is -0.330 e. The molecule has 0 spiro atoms. The number of nitrogens with two attached hydrogens (primary N) is 1. The van der Waals surface area contributed by atoms with E-state index in [1.807, 2.05) is 0 Å². The van der Waals surface area contributed by atoms with Crippen LogP contribution in [0, 0.1) is 11.6 Å². The smallest absolute Gasteiger partial charge is 0.145 e. The molecule has 0 radical (unpaired) electrons. The van der Waals surface area contributed by atoms with E-state index in [9.17, 15) is 8.78 Å². The third-order valence-corrected chi connectivity index (χ3v) is 2.95. The number of halogens is 2. The van der Waals surface area contributed by atoms with Gasteiger partial charge in [-0.25, -0.2) is 13.8 Å². The van der Waals surface area contributed by atoms with Gasteiger partial charge in [0.15, 0.2) is 0 Å². The van der Waals surface area contributed by atoms with E-state index in [1.54, 1.807) is 0 Å². The molecule has 0 atom stereocenters. The molecule has 0 saturated heterocycles. The predicted molar refractivity (Wildman–Crippen MR) is 52.3 cm³/mol. The zero-order valence-corrected chi connectivity index (χ0v) is 8.07. The van der Waals surface area contributed by atoms with Crippen molar-refractivity contribution in [1.82, 2.24) is 4.98 Å². The fourth-order valence-electron chi connectivity index (χ4n) is 1.24. The maximum atomic E-state index is 13.2. The second-order valence-electron chi connectivity index (χ2n) is 2.88. The lowest BCUT2D eigenvalue weighted by Gasteiger charge is -1.90. The number of nitrogens with zero attached hydrogens (tertiary/aromatic N) is 1. The molecular weight excluding hydrogens is 206 g/mol. The Kier molecular flexibility index (Phi) is 2.43. The highest BCUT2D eigenvalue weighted by molar-refractivity contribution is 7.18. The Bertz CT molecular complexity index is 467. The van der Waals surface area contributed by atoms with Gasteiger partial charge in [-0.1, -0.05) is 0 Å². The average Bonchev–Trinajstić information content (AvgIpc) is 2.48. The molecule has 2 N–H and O–H groups in total. The molecule has 1 aromatic carbocycles. The summed E-state index contributed by atoms with van der Waals surface area (Å²) in [5.41, 5.74) is 5.72. The second kappa shape index (κ2) is 3.59. The minimum atomic E-state index is -0.598. The molecule has 14 heavy (non-hydrogen) atoms. The molecule has 2 rings (SSSR count). The first-order valence-electron chi connectivity index (χ1n) is 4.15. The highest BCUT2D eigenvalue weighted by Gasteiger charge is 2.09. The first-order valence-corrected chi connectivity index (χ1v) is 4.97. The molecule has 2 aromatic rings. The lowest BCUT2D eigenvalue weighted by Crippen LogP contribution is -2.01. The number of benzene rings is 1. The van der Waals surface area contributed by atoms with E-state index < -0.39 is 11.6 Å². The molecule has 0 amide bonds. The minimum absolute atomic E-state index is 0.371. The van der Waals surface area contributed by atoms with E-state index in [0.717, 1.165) is 11.1 Å². The van der Waals surface area contributed by atoms with Crippen molar-refractivity contribution in [2.24, 2.45) is 5.73 Å². The summed E-state index contributed by atoms with van der Waals surface area (Å²) in [5.74, 6) is -1.15. The third kappa shape index (κ3) is 1.60. The molecule has 0 saturated carbocycles. The summed E-state index contributed by atoms with van der Waals surface area (Å²) in [6.45, 7) is 0.462. The fraction of sp³-hybridized carbons (Fsp3) is 0.222. The maximum Gasteiger partial charge on any atom is 0.145 e. The van der Waals surface area contributed by atoms with Crippen LogP contribution >= 0.6 is 11.3 Å². The molecule has 74 valence electrons. The van der Waals surface area contributed by atoms with Crippen molar-refractivity contribution in [2.45, 2.75) is 6.42 Å². The van der Waals surface area contributed by atoms with Gasteiger partial charge in [-0.2, -0.15) is 0 Å². The van der Waals surface area contributed by atoms with Gasteiger partial charge in [0.25, 0.3) is 0 Å². The van der Waals surface area contributed by atoms with Crippen LogP contribution in [0.5, 0.6) is 0 Å². The van der Waals surface area contributed by atoms with Crippen LogP contribution in [0.15, 0.2) is 12.1 Å². The van der Waals surface area contributed by atoms with Crippen LogP contribution in [0.3, 0.4) is 0 Å². The van der Waals surface area contributed by atoms with Crippen molar-refractivity contribution < 1.29 is 8.78 Å². The van der Waals surface area contributed by atoms with Crippen LogP contribution in [-0.2, 0) is 6.42 Å². The SMILES string of the molecule is NCCc1nc2cc(F)cc(F)c2s1. The summed E-state index contributed by atoms with van der Waals surface area (Å²) in [5, 5.41) is 0.743. The fourth-order valence-corrected chi connectivity index (χ4v) is 2.20. The Morgan fingerprint density at radius 1 is 1.36 bits per heavy atom. The van der Waals surface area contributed by atoms with Gasteiger partial charge >= 0.3 is 0 Å². The van der Waals surface area contributed by atoms with Crippen molar-refractivity contribution >= 4 is 21.6 Å². The van der Waals surface area contributed by atoms with Gasteiger partial charge < -0.3 is 5.73 Å². The second-order valence-corrected chi connectivity index (χ2v) is 3.97. The summed E-state index contributed by atoms with van der Waals surface area (Å²) in [6, 6.07) is 2.10. The van der Waals surface area contributed by atoms with Crippen LogP contribution < -0.4 is 5.73 Å². The summed E-state index contributed by atoms with van der Waals surface area (Å²) in [7, 11) is 0. The summed E-state index contributed by atoms with van der Waals surface area (Å²) in [4.78, 5) is 4.08. The molecule has 5 heteroatoms. The summed E-state index contributed by atoms with van der Waals surface area (Å²) >= 11 is 1.22. The summed E-state index contributed by atoms with van der Waals surface area (Å²) < 4.78 is 26.4. The highest BCUT2D eigenvalue weighted by Crippen LogP contribution is 2.25. The van der Waals surface area contributed by atoms with E-state index in [2.05, 4.69) is 4.98 Å². The first kappa shape index (κ1) is 9.48. The highest BCUT2D eigenvalue weighted by atomic mass is 32.1. The molecule has 0 unspecified atom stereocenters. The van der Waals surface area contributed by atoms with Crippen LogP contribution in [0.1, 0.15) is 5.01 Å². The van der Waals surface area contributed by atoms with Crippen molar-refractivity contribution in [3.8, 4) is 0 Å². The number of aromatic nitrogens is 1. The Morgan fingerprint density at radius 3 is 2.86 bits per heavy atom. The van der Waals surface area contributed by atoms with Crippen LogP contribution in [-0.4, -0.2) is 11.5 Å². The van der Waals surface area contributed by atoms with Crippen LogP contribution in [0.4, 0.5) is 8.78 Å². The van der Waals surface area contributed by atoms with Gasteiger partial charge in [-0.15, -0.1) is 11.3 Å². The lowest BCUT2D eigenvalue weighted by molar-refractivity contribution is 0.593. The maximum absolute atomic E-state index is 13.2. The van der Waals surface area contributed by atoms with Crippen LogP contribution in [0.2, 0.25) is 0 Å². The zero-order valence-electron chi connectivity index (χ0n) is 7.26. The number of hydrogen-bond donors (Lipinski definition) is 1. The zero-order chi connectivity index (χ0) is 10.1. The molecule has 0 aliphatic carbocycles. The monoisotopic (exact) mass is 214 g/mol. The predicted octanol–water partition coefficient (Wildman–Crippen LogP) is 2.08. The Labute approximate surface area is 83.4 Å². The number of rotatable bonds is 2. The van der Waals surface area contributed by atoms with Crippen molar-refractivity contribution in [1.29, 1.82) is 0 Å². The number of fused-ring (bicyclic) bond motifs is 1. The van der Waals surface area contributed by atoms with E-state index in [4.69, 9.17) is 5.73 Å². The molecular formula is C9H8F2N2S. The number of thiazole rings is 1. The van der Waals surface area contributed by atoms with E-state index in [1.165, 1.54) is 17.4 Å². The molecule has 1 aromatic heterocycles. The normalized spacial score (nSPS) is 11.1. The van der Waals surface area contributed by atoms with Gasteiger partial charge in [0.1, 0.15) is 11.6 Å². The quantitative estimate of drug-likeness (QED) is 0.831. The van der Waals surface area contributed by atoms with Gasteiger partial charge in [0.05, 0.1) is 15.2 Å². The summed E-state index contributed by atoms with van der Waals surface area (Å²) in [6.07, 6.45) is 0.598. The topological polar surface area (TPSA) is 38.9 Å². The van der Waals surface area contributed by atoms with Crippen molar-refractivity contribution in [3.63, 3.8) is 0 Å². The number of hydrogen-bond acceptors (Lipinski definition) is 3. The largest absolute Gasteiger partial charge is 0.330 e. The molecule has 0 fully saturated rings. The average molecular weight is 214 g/mol. The molecule has 0 aliphatic rings.